The molecule has 144 valence electrons. The summed E-state index contributed by atoms with van der Waals surface area (Å²) in [7, 11) is 3.85. The number of rotatable bonds is 7. The van der Waals surface area contributed by atoms with Crippen LogP contribution in [0, 0.1) is 0 Å². The van der Waals surface area contributed by atoms with Crippen LogP contribution < -0.4 is 15.5 Å². The van der Waals surface area contributed by atoms with Crippen LogP contribution in [0.15, 0.2) is 48.5 Å². The molecule has 6 heteroatoms. The molecule has 2 rings (SSSR count). The summed E-state index contributed by atoms with van der Waals surface area (Å²) in [6, 6.07) is 14.5. The third-order valence-electron chi connectivity index (χ3n) is 4.07. The molecule has 2 aromatic carbocycles. The molecule has 0 radical (unpaired) electrons. The Labute approximate surface area is 160 Å². The zero-order valence-corrected chi connectivity index (χ0v) is 16.2. The van der Waals surface area contributed by atoms with Crippen molar-refractivity contribution in [2.24, 2.45) is 0 Å². The molecular weight excluding hydrogens is 342 g/mol. The lowest BCUT2D eigenvalue weighted by molar-refractivity contribution is -0.122. The van der Waals surface area contributed by atoms with Crippen LogP contribution in [0.2, 0.25) is 0 Å². The fraction of sp³-hybridized carbons (Fsp3) is 0.333. The Kier molecular flexibility index (Phi) is 6.58. The Morgan fingerprint density at radius 1 is 1.07 bits per heavy atom. The van der Waals surface area contributed by atoms with E-state index in [0.717, 1.165) is 11.3 Å². The van der Waals surface area contributed by atoms with Gasteiger partial charge in [-0.25, -0.2) is 0 Å². The van der Waals surface area contributed by atoms with Gasteiger partial charge in [0.1, 0.15) is 0 Å². The second-order valence-electron chi connectivity index (χ2n) is 7.36. The van der Waals surface area contributed by atoms with Crippen LogP contribution in [-0.4, -0.2) is 43.2 Å². The molecule has 0 aliphatic rings. The minimum atomic E-state index is -0.647. The lowest BCUT2D eigenvalue weighted by Gasteiger charge is -2.23. The Morgan fingerprint density at radius 3 is 2.33 bits per heavy atom. The number of benzene rings is 2. The minimum absolute atomic E-state index is 0.126. The van der Waals surface area contributed by atoms with Gasteiger partial charge in [0.05, 0.1) is 18.6 Å². The minimum Gasteiger partial charge on any atom is -0.394 e. The number of anilines is 2. The first-order valence-corrected chi connectivity index (χ1v) is 8.80. The van der Waals surface area contributed by atoms with Gasteiger partial charge in [-0.3, -0.25) is 9.59 Å². The van der Waals surface area contributed by atoms with E-state index in [2.05, 4.69) is 10.6 Å². The molecule has 0 fully saturated rings. The van der Waals surface area contributed by atoms with Crippen LogP contribution in [0.3, 0.4) is 0 Å². The fourth-order valence-corrected chi connectivity index (χ4v) is 2.48. The maximum absolute atomic E-state index is 12.4. The normalized spacial score (nSPS) is 11.0. The first-order valence-electron chi connectivity index (χ1n) is 8.80. The smallest absolute Gasteiger partial charge is 0.255 e. The number of hydrogen-bond acceptors (Lipinski definition) is 4. The van der Waals surface area contributed by atoms with Crippen molar-refractivity contribution in [3.8, 4) is 0 Å². The molecule has 0 heterocycles. The van der Waals surface area contributed by atoms with Crippen LogP contribution in [0.25, 0.3) is 0 Å². The molecule has 0 spiro atoms. The van der Waals surface area contributed by atoms with E-state index in [0.29, 0.717) is 11.3 Å². The van der Waals surface area contributed by atoms with E-state index in [4.69, 9.17) is 0 Å². The Balaban J connectivity index is 1.98. The van der Waals surface area contributed by atoms with Crippen LogP contribution >= 0.6 is 0 Å². The summed E-state index contributed by atoms with van der Waals surface area (Å²) in [6.07, 6.45) is 0.211. The average Bonchev–Trinajstić information content (AvgIpc) is 2.63. The van der Waals surface area contributed by atoms with Gasteiger partial charge >= 0.3 is 0 Å². The molecule has 0 saturated heterocycles. The first-order chi connectivity index (χ1) is 12.7. The van der Waals surface area contributed by atoms with Crippen molar-refractivity contribution in [2.45, 2.75) is 25.8 Å². The van der Waals surface area contributed by atoms with E-state index in [1.165, 1.54) is 0 Å². The lowest BCUT2D eigenvalue weighted by atomic mass is 10.1. The Bertz CT molecular complexity index is 799. The Morgan fingerprint density at radius 2 is 1.74 bits per heavy atom. The van der Waals surface area contributed by atoms with Crippen molar-refractivity contribution in [2.75, 3.05) is 30.9 Å². The summed E-state index contributed by atoms with van der Waals surface area (Å²) in [6.45, 7) is 3.39. The number of aliphatic hydroxyl groups is 1. The molecule has 2 amide bonds. The largest absolute Gasteiger partial charge is 0.394 e. The zero-order valence-electron chi connectivity index (χ0n) is 16.2. The second-order valence-corrected chi connectivity index (χ2v) is 7.36. The molecule has 0 aliphatic carbocycles. The van der Waals surface area contributed by atoms with Gasteiger partial charge in [-0.05, 0) is 49.7 Å². The highest BCUT2D eigenvalue weighted by Gasteiger charge is 2.19. The monoisotopic (exact) mass is 369 g/mol. The van der Waals surface area contributed by atoms with E-state index in [1.54, 1.807) is 44.2 Å². The number of carbonyl (C=O) groups excluding carboxylic acids is 2. The number of nitrogens with zero attached hydrogens (tertiary/aromatic N) is 1. The standard InChI is InChI=1S/C21H27N3O3/c1-21(2,14-25)23-19(26)12-15-8-10-17(11-9-15)22-20(27)16-6-5-7-18(13-16)24(3)4/h5-11,13,25H,12,14H2,1-4H3,(H,22,27)(H,23,26). The molecule has 0 unspecified atom stereocenters. The molecule has 2 aromatic rings. The predicted molar refractivity (Wildman–Crippen MR) is 108 cm³/mol. The van der Waals surface area contributed by atoms with Crippen LogP contribution in [0.1, 0.15) is 29.8 Å². The zero-order chi connectivity index (χ0) is 20.0. The van der Waals surface area contributed by atoms with Gasteiger partial charge in [0, 0.05) is 31.0 Å². The number of hydrogen-bond donors (Lipinski definition) is 3. The molecule has 0 saturated carbocycles. The summed E-state index contributed by atoms with van der Waals surface area (Å²) in [5.41, 5.74) is 2.38. The number of nitrogens with one attached hydrogen (secondary N) is 2. The summed E-state index contributed by atoms with van der Waals surface area (Å²) < 4.78 is 0. The van der Waals surface area contributed by atoms with Gasteiger partial charge in [0.2, 0.25) is 5.91 Å². The molecule has 0 atom stereocenters. The highest BCUT2D eigenvalue weighted by Crippen LogP contribution is 2.16. The highest BCUT2D eigenvalue weighted by atomic mass is 16.3. The third-order valence-corrected chi connectivity index (χ3v) is 4.07. The number of aliphatic hydroxyl groups excluding tert-OH is 1. The van der Waals surface area contributed by atoms with E-state index in [9.17, 15) is 14.7 Å². The van der Waals surface area contributed by atoms with Crippen LogP contribution in [0.5, 0.6) is 0 Å². The van der Waals surface area contributed by atoms with Crippen LogP contribution in [0.4, 0.5) is 11.4 Å². The molecule has 0 bridgehead atoms. The summed E-state index contributed by atoms with van der Waals surface area (Å²) in [5, 5.41) is 14.8. The van der Waals surface area contributed by atoms with Crippen molar-refractivity contribution in [3.63, 3.8) is 0 Å². The van der Waals surface area contributed by atoms with Gasteiger partial charge in [-0.2, -0.15) is 0 Å². The van der Waals surface area contributed by atoms with Crippen molar-refractivity contribution < 1.29 is 14.7 Å². The highest BCUT2D eigenvalue weighted by molar-refractivity contribution is 6.04. The van der Waals surface area contributed by atoms with Crippen molar-refractivity contribution in [1.29, 1.82) is 0 Å². The Hall–Kier alpha value is -2.86. The van der Waals surface area contributed by atoms with Gasteiger partial charge in [0.15, 0.2) is 0 Å². The van der Waals surface area contributed by atoms with E-state index < -0.39 is 5.54 Å². The fourth-order valence-electron chi connectivity index (χ4n) is 2.48. The molecule has 0 aliphatic heterocycles. The first kappa shape index (κ1) is 20.5. The maximum atomic E-state index is 12.4. The molecule has 3 N–H and O–H groups in total. The number of amides is 2. The number of carbonyl (C=O) groups is 2. The lowest BCUT2D eigenvalue weighted by Crippen LogP contribution is -2.46. The third kappa shape index (κ3) is 6.11. The van der Waals surface area contributed by atoms with Crippen molar-refractivity contribution >= 4 is 23.2 Å². The molecule has 6 nitrogen and oxygen atoms in total. The second kappa shape index (κ2) is 8.68. The maximum Gasteiger partial charge on any atom is 0.255 e. The van der Waals surface area contributed by atoms with Gasteiger partial charge in [-0.1, -0.05) is 18.2 Å². The van der Waals surface area contributed by atoms with E-state index in [-0.39, 0.29) is 24.8 Å². The average molecular weight is 369 g/mol. The molecular formula is C21H27N3O3. The molecule has 0 aromatic heterocycles. The summed E-state index contributed by atoms with van der Waals surface area (Å²) in [4.78, 5) is 26.4. The predicted octanol–water partition coefficient (Wildman–Crippen LogP) is 2.43. The van der Waals surface area contributed by atoms with Crippen molar-refractivity contribution in [1.82, 2.24) is 5.32 Å². The molecule has 27 heavy (non-hydrogen) atoms. The van der Waals surface area contributed by atoms with Gasteiger partial charge < -0.3 is 20.6 Å². The van der Waals surface area contributed by atoms with Crippen LogP contribution in [-0.2, 0) is 11.2 Å². The van der Waals surface area contributed by atoms with Gasteiger partial charge in [-0.15, -0.1) is 0 Å². The SMILES string of the molecule is CN(C)c1cccc(C(=O)Nc2ccc(CC(=O)NC(C)(C)CO)cc2)c1. The summed E-state index contributed by atoms with van der Waals surface area (Å²) >= 11 is 0. The van der Waals surface area contributed by atoms with E-state index in [1.807, 2.05) is 37.2 Å². The summed E-state index contributed by atoms with van der Waals surface area (Å²) in [5.74, 6) is -0.347. The van der Waals surface area contributed by atoms with Crippen molar-refractivity contribution in [3.05, 3.63) is 59.7 Å². The van der Waals surface area contributed by atoms with E-state index >= 15 is 0 Å². The quantitative estimate of drug-likeness (QED) is 0.700. The van der Waals surface area contributed by atoms with Gasteiger partial charge in [0.25, 0.3) is 5.91 Å². The topological polar surface area (TPSA) is 81.7 Å².